The maximum Gasteiger partial charge on any atom is 0.236 e. The van der Waals surface area contributed by atoms with E-state index >= 15 is 0 Å². The Morgan fingerprint density at radius 2 is 1.94 bits per heavy atom. The molecule has 2 amide bonds. The third kappa shape index (κ3) is 2.33. The van der Waals surface area contributed by atoms with E-state index in [0.717, 1.165) is 32.4 Å². The van der Waals surface area contributed by atoms with Crippen LogP contribution < -0.4 is 5.32 Å². The topological polar surface area (TPSA) is 49.4 Å². The van der Waals surface area contributed by atoms with E-state index in [-0.39, 0.29) is 35.7 Å². The van der Waals surface area contributed by atoms with Crippen LogP contribution >= 0.6 is 12.4 Å². The molecule has 4 nitrogen and oxygen atoms in total. The van der Waals surface area contributed by atoms with E-state index in [2.05, 4.69) is 5.32 Å². The highest BCUT2D eigenvalue weighted by molar-refractivity contribution is 6.06. The lowest BCUT2D eigenvalue weighted by Gasteiger charge is -2.32. The Morgan fingerprint density at radius 3 is 2.47 bits per heavy atom. The van der Waals surface area contributed by atoms with Gasteiger partial charge in [-0.1, -0.05) is 6.92 Å². The van der Waals surface area contributed by atoms with Gasteiger partial charge < -0.3 is 5.32 Å². The van der Waals surface area contributed by atoms with Crippen molar-refractivity contribution in [2.75, 3.05) is 13.1 Å². The molecule has 0 aliphatic carbocycles. The van der Waals surface area contributed by atoms with Gasteiger partial charge in [0, 0.05) is 12.5 Å². The van der Waals surface area contributed by atoms with Gasteiger partial charge in [-0.2, -0.15) is 0 Å². The molecule has 0 bridgehead atoms. The molecule has 0 saturated carbocycles. The van der Waals surface area contributed by atoms with Gasteiger partial charge in [-0.15, -0.1) is 12.4 Å². The number of likely N-dealkylation sites (tertiary alicyclic amines) is 1. The Morgan fingerprint density at radius 1 is 1.35 bits per heavy atom. The fraction of sp³-hybridized carbons (Fsp3) is 0.833. The first-order valence-corrected chi connectivity index (χ1v) is 6.18. The second kappa shape index (κ2) is 5.36. The molecule has 0 aromatic heterocycles. The third-order valence-electron chi connectivity index (χ3n) is 4.02. The van der Waals surface area contributed by atoms with Gasteiger partial charge in [0.1, 0.15) is 0 Å². The predicted molar refractivity (Wildman–Crippen MR) is 68.0 cm³/mol. The van der Waals surface area contributed by atoms with E-state index in [4.69, 9.17) is 0 Å². The SMILES string of the molecule is CCC(C)N1C(=O)CC2(CCNCC2)C1=O.Cl. The van der Waals surface area contributed by atoms with Crippen LogP contribution in [0.4, 0.5) is 0 Å². The standard InChI is InChI=1S/C12H20N2O2.ClH/c1-3-9(2)14-10(15)8-12(11(14)16)4-6-13-7-5-12;/h9,13H,3-8H2,1-2H3;1H. The summed E-state index contributed by atoms with van der Waals surface area (Å²) >= 11 is 0. The van der Waals surface area contributed by atoms with E-state index < -0.39 is 0 Å². The highest BCUT2D eigenvalue weighted by Gasteiger charge is 2.52. The van der Waals surface area contributed by atoms with Gasteiger partial charge in [0.05, 0.1) is 5.41 Å². The minimum Gasteiger partial charge on any atom is -0.317 e. The maximum absolute atomic E-state index is 12.4. The summed E-state index contributed by atoms with van der Waals surface area (Å²) in [4.78, 5) is 25.8. The molecule has 0 aromatic rings. The van der Waals surface area contributed by atoms with Crippen molar-refractivity contribution in [2.45, 2.75) is 45.6 Å². The average Bonchev–Trinajstić information content (AvgIpc) is 2.51. The van der Waals surface area contributed by atoms with Crippen LogP contribution in [-0.4, -0.2) is 35.8 Å². The number of carbonyl (C=O) groups excluding carboxylic acids is 2. The van der Waals surface area contributed by atoms with Crippen LogP contribution in [0, 0.1) is 5.41 Å². The van der Waals surface area contributed by atoms with Crippen LogP contribution in [-0.2, 0) is 9.59 Å². The molecule has 0 radical (unpaired) electrons. The van der Waals surface area contributed by atoms with Crippen molar-refractivity contribution in [3.05, 3.63) is 0 Å². The molecule has 2 aliphatic heterocycles. The van der Waals surface area contributed by atoms with Crippen molar-refractivity contribution in [1.29, 1.82) is 0 Å². The summed E-state index contributed by atoms with van der Waals surface area (Å²) in [5.41, 5.74) is -0.369. The lowest BCUT2D eigenvalue weighted by atomic mass is 9.77. The average molecular weight is 261 g/mol. The highest BCUT2D eigenvalue weighted by Crippen LogP contribution is 2.41. The molecular formula is C12H21ClN2O2. The van der Waals surface area contributed by atoms with Crippen molar-refractivity contribution < 1.29 is 9.59 Å². The van der Waals surface area contributed by atoms with E-state index in [1.807, 2.05) is 13.8 Å². The Kier molecular flexibility index (Phi) is 4.55. The molecule has 1 spiro atoms. The monoisotopic (exact) mass is 260 g/mol. The Labute approximate surface area is 109 Å². The first-order chi connectivity index (χ1) is 7.60. The van der Waals surface area contributed by atoms with Crippen LogP contribution in [0.25, 0.3) is 0 Å². The van der Waals surface area contributed by atoms with Crippen molar-refractivity contribution in [3.8, 4) is 0 Å². The van der Waals surface area contributed by atoms with Gasteiger partial charge in [-0.3, -0.25) is 14.5 Å². The molecule has 2 aliphatic rings. The molecule has 2 fully saturated rings. The summed E-state index contributed by atoms with van der Waals surface area (Å²) < 4.78 is 0. The predicted octanol–water partition coefficient (Wildman–Crippen LogP) is 1.34. The normalized spacial score (nSPS) is 24.9. The molecule has 2 rings (SSSR count). The summed E-state index contributed by atoms with van der Waals surface area (Å²) in [6, 6.07) is 0.0502. The smallest absolute Gasteiger partial charge is 0.236 e. The first-order valence-electron chi connectivity index (χ1n) is 6.18. The van der Waals surface area contributed by atoms with Gasteiger partial charge in [-0.25, -0.2) is 0 Å². The van der Waals surface area contributed by atoms with Crippen molar-refractivity contribution in [3.63, 3.8) is 0 Å². The summed E-state index contributed by atoms with van der Waals surface area (Å²) in [5.74, 6) is 0.106. The van der Waals surface area contributed by atoms with Crippen LogP contribution in [0.2, 0.25) is 0 Å². The fourth-order valence-corrected chi connectivity index (χ4v) is 2.74. The van der Waals surface area contributed by atoms with Crippen LogP contribution in [0.3, 0.4) is 0 Å². The van der Waals surface area contributed by atoms with Gasteiger partial charge in [-0.05, 0) is 39.3 Å². The molecule has 17 heavy (non-hydrogen) atoms. The highest BCUT2D eigenvalue weighted by atomic mass is 35.5. The number of hydrogen-bond donors (Lipinski definition) is 1. The van der Waals surface area contributed by atoms with E-state index in [1.54, 1.807) is 0 Å². The van der Waals surface area contributed by atoms with Crippen molar-refractivity contribution in [2.24, 2.45) is 5.41 Å². The number of carbonyl (C=O) groups is 2. The third-order valence-corrected chi connectivity index (χ3v) is 4.02. The zero-order chi connectivity index (χ0) is 11.8. The number of nitrogens with one attached hydrogen (secondary N) is 1. The number of hydrogen-bond acceptors (Lipinski definition) is 3. The lowest BCUT2D eigenvalue weighted by Crippen LogP contribution is -2.45. The molecule has 1 N–H and O–H groups in total. The zero-order valence-electron chi connectivity index (χ0n) is 10.5. The number of halogens is 1. The number of amides is 2. The van der Waals surface area contributed by atoms with Crippen molar-refractivity contribution >= 4 is 24.2 Å². The number of rotatable bonds is 2. The number of nitrogens with zero attached hydrogens (tertiary/aromatic N) is 1. The molecule has 1 atom stereocenters. The van der Waals surface area contributed by atoms with Gasteiger partial charge in [0.25, 0.3) is 0 Å². The van der Waals surface area contributed by atoms with Crippen LogP contribution in [0.15, 0.2) is 0 Å². The number of piperidine rings is 1. The quantitative estimate of drug-likeness (QED) is 0.763. The van der Waals surface area contributed by atoms with Gasteiger partial charge in [0.2, 0.25) is 11.8 Å². The summed E-state index contributed by atoms with van der Waals surface area (Å²) in [6.45, 7) is 5.68. The molecule has 0 aromatic carbocycles. The Hall–Kier alpha value is -0.610. The molecule has 2 heterocycles. The summed E-state index contributed by atoms with van der Waals surface area (Å²) in [6.07, 6.45) is 2.89. The lowest BCUT2D eigenvalue weighted by molar-refractivity contribution is -0.144. The number of imide groups is 1. The van der Waals surface area contributed by atoms with Gasteiger partial charge >= 0.3 is 0 Å². The van der Waals surface area contributed by atoms with Crippen molar-refractivity contribution in [1.82, 2.24) is 10.2 Å². The summed E-state index contributed by atoms with van der Waals surface area (Å²) in [5, 5.41) is 3.25. The molecule has 2 saturated heterocycles. The van der Waals surface area contributed by atoms with Crippen LogP contribution in [0.1, 0.15) is 39.5 Å². The zero-order valence-corrected chi connectivity index (χ0v) is 11.3. The van der Waals surface area contributed by atoms with E-state index in [0.29, 0.717) is 6.42 Å². The largest absolute Gasteiger partial charge is 0.317 e. The molecule has 5 heteroatoms. The summed E-state index contributed by atoms with van der Waals surface area (Å²) in [7, 11) is 0. The molecule has 98 valence electrons. The minimum absolute atomic E-state index is 0. The maximum atomic E-state index is 12.4. The molecular weight excluding hydrogens is 240 g/mol. The van der Waals surface area contributed by atoms with E-state index in [9.17, 15) is 9.59 Å². The Bertz CT molecular complexity index is 314. The fourth-order valence-electron chi connectivity index (χ4n) is 2.74. The van der Waals surface area contributed by atoms with Gasteiger partial charge in [0.15, 0.2) is 0 Å². The Balaban J connectivity index is 0.00000144. The second-order valence-corrected chi connectivity index (χ2v) is 5.03. The van der Waals surface area contributed by atoms with E-state index in [1.165, 1.54) is 4.90 Å². The first kappa shape index (κ1) is 14.5. The second-order valence-electron chi connectivity index (χ2n) is 5.03. The van der Waals surface area contributed by atoms with Crippen LogP contribution in [0.5, 0.6) is 0 Å². The minimum atomic E-state index is -0.369. The molecule has 1 unspecified atom stereocenters.